The average Bonchev–Trinajstić information content (AvgIpc) is 2.60. The van der Waals surface area contributed by atoms with Gasteiger partial charge in [-0.3, -0.25) is 4.79 Å². The van der Waals surface area contributed by atoms with Crippen LogP contribution in [0.4, 0.5) is 10.8 Å². The minimum atomic E-state index is -0.208. The van der Waals surface area contributed by atoms with E-state index in [1.165, 1.54) is 11.5 Å². The summed E-state index contributed by atoms with van der Waals surface area (Å²) in [6.07, 6.45) is 1.88. The van der Waals surface area contributed by atoms with E-state index in [-0.39, 0.29) is 11.8 Å². The number of nitrogens with zero attached hydrogens (tertiary/aromatic N) is 2. The van der Waals surface area contributed by atoms with E-state index in [9.17, 15) is 4.79 Å². The van der Waals surface area contributed by atoms with E-state index >= 15 is 0 Å². The van der Waals surface area contributed by atoms with Gasteiger partial charge in [-0.1, -0.05) is 0 Å². The summed E-state index contributed by atoms with van der Waals surface area (Å²) in [5.41, 5.74) is 12.1. The lowest BCUT2D eigenvalue weighted by Crippen LogP contribution is -2.41. The monoisotopic (exact) mass is 240 g/mol. The van der Waals surface area contributed by atoms with E-state index in [0.29, 0.717) is 12.4 Å². The summed E-state index contributed by atoms with van der Waals surface area (Å²) in [6.45, 7) is 3.60. The lowest BCUT2D eigenvalue weighted by Gasteiger charge is -2.32. The predicted octanol–water partition coefficient (Wildman–Crippen LogP) is 0.735. The standard InChI is InChI=1S/C10H16N4OS/c1-6-8(11)13-16-10(6)14-4-2-3-7(5-14)9(12)15/h7H,2-5H2,1H3,(H2,11,13)(H2,12,15). The Labute approximate surface area is 98.6 Å². The summed E-state index contributed by atoms with van der Waals surface area (Å²) in [6, 6.07) is 0. The van der Waals surface area contributed by atoms with E-state index in [2.05, 4.69) is 9.27 Å². The average molecular weight is 240 g/mol. The molecule has 0 aliphatic carbocycles. The van der Waals surface area contributed by atoms with E-state index < -0.39 is 0 Å². The van der Waals surface area contributed by atoms with E-state index in [0.717, 1.165) is 30.0 Å². The van der Waals surface area contributed by atoms with Crippen molar-refractivity contribution in [2.24, 2.45) is 11.7 Å². The number of amides is 1. The van der Waals surface area contributed by atoms with Crippen LogP contribution in [0, 0.1) is 12.8 Å². The summed E-state index contributed by atoms with van der Waals surface area (Å²) in [7, 11) is 0. The Morgan fingerprint density at radius 3 is 2.94 bits per heavy atom. The van der Waals surface area contributed by atoms with Crippen molar-refractivity contribution in [3.8, 4) is 0 Å². The van der Waals surface area contributed by atoms with Crippen LogP contribution in [0.5, 0.6) is 0 Å². The van der Waals surface area contributed by atoms with Gasteiger partial charge in [0, 0.05) is 18.7 Å². The second-order valence-electron chi connectivity index (χ2n) is 4.19. The van der Waals surface area contributed by atoms with Crippen molar-refractivity contribution in [3.63, 3.8) is 0 Å². The van der Waals surface area contributed by atoms with Gasteiger partial charge in [0.15, 0.2) is 0 Å². The number of piperidine rings is 1. The fourth-order valence-corrected chi connectivity index (χ4v) is 2.87. The van der Waals surface area contributed by atoms with Gasteiger partial charge in [-0.2, -0.15) is 4.37 Å². The molecular weight excluding hydrogens is 224 g/mol. The fourth-order valence-electron chi connectivity index (χ4n) is 2.03. The molecule has 1 aromatic rings. The first-order chi connectivity index (χ1) is 7.59. The Hall–Kier alpha value is -1.30. The lowest BCUT2D eigenvalue weighted by atomic mass is 9.97. The molecule has 2 rings (SSSR count). The van der Waals surface area contributed by atoms with Gasteiger partial charge >= 0.3 is 0 Å². The van der Waals surface area contributed by atoms with Crippen molar-refractivity contribution in [1.29, 1.82) is 0 Å². The highest BCUT2D eigenvalue weighted by molar-refractivity contribution is 7.10. The number of carbonyl (C=O) groups excluding carboxylic acids is 1. The SMILES string of the molecule is Cc1c(N)nsc1N1CCCC(C(N)=O)C1. The number of anilines is 2. The number of aromatic nitrogens is 1. The third-order valence-corrected chi connectivity index (χ3v) is 4.07. The summed E-state index contributed by atoms with van der Waals surface area (Å²) >= 11 is 1.40. The quantitative estimate of drug-likeness (QED) is 0.798. The summed E-state index contributed by atoms with van der Waals surface area (Å²) in [5, 5.41) is 1.07. The van der Waals surface area contributed by atoms with Crippen molar-refractivity contribution >= 4 is 28.3 Å². The van der Waals surface area contributed by atoms with Crippen LogP contribution in [0.3, 0.4) is 0 Å². The van der Waals surface area contributed by atoms with Crippen LogP contribution in [0.1, 0.15) is 18.4 Å². The molecule has 1 aromatic heterocycles. The van der Waals surface area contributed by atoms with Crippen LogP contribution in [0.15, 0.2) is 0 Å². The van der Waals surface area contributed by atoms with Crippen molar-refractivity contribution in [3.05, 3.63) is 5.56 Å². The van der Waals surface area contributed by atoms with Gasteiger partial charge in [-0.25, -0.2) is 0 Å². The molecule has 0 radical (unpaired) electrons. The second-order valence-corrected chi connectivity index (χ2v) is 4.94. The number of carbonyl (C=O) groups is 1. The number of nitrogen functional groups attached to an aromatic ring is 1. The topological polar surface area (TPSA) is 85.2 Å². The van der Waals surface area contributed by atoms with Crippen LogP contribution in [0.25, 0.3) is 0 Å². The molecule has 0 spiro atoms. The maximum absolute atomic E-state index is 11.2. The number of hydrogen-bond donors (Lipinski definition) is 2. The third-order valence-electron chi connectivity index (χ3n) is 3.05. The Bertz CT molecular complexity index is 404. The molecule has 16 heavy (non-hydrogen) atoms. The van der Waals surface area contributed by atoms with Crippen LogP contribution >= 0.6 is 11.5 Å². The zero-order valence-electron chi connectivity index (χ0n) is 9.27. The Balaban J connectivity index is 2.16. The first kappa shape index (κ1) is 11.2. The summed E-state index contributed by atoms with van der Waals surface area (Å²) in [4.78, 5) is 13.3. The fraction of sp³-hybridized carbons (Fsp3) is 0.600. The lowest BCUT2D eigenvalue weighted by molar-refractivity contribution is -0.122. The minimum absolute atomic E-state index is 0.0449. The molecule has 0 bridgehead atoms. The molecular formula is C10H16N4OS. The molecule has 1 fully saturated rings. The second kappa shape index (κ2) is 4.29. The predicted molar refractivity (Wildman–Crippen MR) is 65.4 cm³/mol. The molecule has 6 heteroatoms. The molecule has 1 atom stereocenters. The Morgan fingerprint density at radius 1 is 1.62 bits per heavy atom. The molecule has 1 amide bonds. The molecule has 1 aliphatic rings. The summed E-state index contributed by atoms with van der Waals surface area (Å²) in [5.74, 6) is 0.331. The van der Waals surface area contributed by atoms with Crippen molar-refractivity contribution in [1.82, 2.24) is 4.37 Å². The highest BCUT2D eigenvalue weighted by atomic mass is 32.1. The highest BCUT2D eigenvalue weighted by Gasteiger charge is 2.26. The first-order valence-corrected chi connectivity index (χ1v) is 6.13. The van der Waals surface area contributed by atoms with Gasteiger partial charge < -0.3 is 16.4 Å². The largest absolute Gasteiger partial charge is 0.383 e. The number of rotatable bonds is 2. The molecule has 1 unspecified atom stereocenters. The maximum atomic E-state index is 11.2. The molecule has 5 nitrogen and oxygen atoms in total. The first-order valence-electron chi connectivity index (χ1n) is 5.35. The van der Waals surface area contributed by atoms with Gasteiger partial charge in [0.25, 0.3) is 0 Å². The zero-order valence-corrected chi connectivity index (χ0v) is 10.1. The van der Waals surface area contributed by atoms with Gasteiger partial charge in [0.05, 0.1) is 5.92 Å². The van der Waals surface area contributed by atoms with Gasteiger partial charge in [-0.05, 0) is 31.3 Å². The normalized spacial score (nSPS) is 21.1. The minimum Gasteiger partial charge on any atom is -0.383 e. The van der Waals surface area contributed by atoms with Gasteiger partial charge in [-0.15, -0.1) is 0 Å². The van der Waals surface area contributed by atoms with Crippen molar-refractivity contribution in [2.45, 2.75) is 19.8 Å². The molecule has 0 aromatic carbocycles. The smallest absolute Gasteiger partial charge is 0.222 e. The van der Waals surface area contributed by atoms with E-state index in [4.69, 9.17) is 11.5 Å². The van der Waals surface area contributed by atoms with E-state index in [1.54, 1.807) is 0 Å². The van der Waals surface area contributed by atoms with Crippen LogP contribution < -0.4 is 16.4 Å². The molecule has 2 heterocycles. The Kier molecular flexibility index (Phi) is 3.00. The summed E-state index contributed by atoms with van der Waals surface area (Å²) < 4.78 is 4.12. The van der Waals surface area contributed by atoms with Crippen LogP contribution in [-0.2, 0) is 4.79 Å². The van der Waals surface area contributed by atoms with Crippen molar-refractivity contribution in [2.75, 3.05) is 23.7 Å². The Morgan fingerprint density at radius 2 is 2.38 bits per heavy atom. The zero-order chi connectivity index (χ0) is 11.7. The van der Waals surface area contributed by atoms with Crippen molar-refractivity contribution < 1.29 is 4.79 Å². The number of nitrogens with two attached hydrogens (primary N) is 2. The molecule has 88 valence electrons. The number of primary amides is 1. The highest BCUT2D eigenvalue weighted by Crippen LogP contribution is 2.32. The molecule has 4 N–H and O–H groups in total. The molecule has 0 saturated carbocycles. The molecule has 1 aliphatic heterocycles. The maximum Gasteiger partial charge on any atom is 0.222 e. The van der Waals surface area contributed by atoms with Gasteiger partial charge in [0.1, 0.15) is 10.8 Å². The van der Waals surface area contributed by atoms with Crippen LogP contribution in [0.2, 0.25) is 0 Å². The molecule has 1 saturated heterocycles. The van der Waals surface area contributed by atoms with E-state index in [1.807, 2.05) is 6.92 Å². The van der Waals surface area contributed by atoms with Crippen LogP contribution in [-0.4, -0.2) is 23.4 Å². The van der Waals surface area contributed by atoms with Gasteiger partial charge in [0.2, 0.25) is 5.91 Å². The number of hydrogen-bond acceptors (Lipinski definition) is 5. The third kappa shape index (κ3) is 1.97.